The van der Waals surface area contributed by atoms with E-state index in [-0.39, 0.29) is 23.9 Å². The van der Waals surface area contributed by atoms with Crippen molar-refractivity contribution in [3.8, 4) is 17.6 Å². The van der Waals surface area contributed by atoms with Gasteiger partial charge in [0.25, 0.3) is 11.6 Å². The van der Waals surface area contributed by atoms with Crippen LogP contribution < -0.4 is 14.8 Å². The molecule has 35 heavy (non-hydrogen) atoms. The summed E-state index contributed by atoms with van der Waals surface area (Å²) >= 11 is 2.09. The Labute approximate surface area is 216 Å². The van der Waals surface area contributed by atoms with Crippen molar-refractivity contribution in [2.75, 3.05) is 7.11 Å². The molecule has 0 aromatic heterocycles. The Balaban J connectivity index is 1.77. The van der Waals surface area contributed by atoms with Gasteiger partial charge in [0, 0.05) is 12.1 Å². The molecular formula is C26H22IN3O5. The highest BCUT2D eigenvalue weighted by atomic mass is 127. The third-order valence-corrected chi connectivity index (χ3v) is 5.91. The first-order valence-corrected chi connectivity index (χ1v) is 11.6. The van der Waals surface area contributed by atoms with Crippen molar-refractivity contribution in [1.29, 1.82) is 5.26 Å². The third-order valence-electron chi connectivity index (χ3n) is 5.11. The van der Waals surface area contributed by atoms with E-state index in [1.165, 1.54) is 25.3 Å². The van der Waals surface area contributed by atoms with Gasteiger partial charge in [-0.05, 0) is 76.5 Å². The average molecular weight is 583 g/mol. The fourth-order valence-corrected chi connectivity index (χ4v) is 4.03. The smallest absolute Gasteiger partial charge is 0.269 e. The van der Waals surface area contributed by atoms with Crippen molar-refractivity contribution in [3.05, 3.63) is 103 Å². The van der Waals surface area contributed by atoms with Crippen molar-refractivity contribution < 1.29 is 19.2 Å². The maximum atomic E-state index is 12.7. The van der Waals surface area contributed by atoms with E-state index in [9.17, 15) is 20.2 Å². The van der Waals surface area contributed by atoms with Gasteiger partial charge in [0.05, 0.1) is 21.6 Å². The van der Waals surface area contributed by atoms with Crippen LogP contribution >= 0.6 is 22.6 Å². The molecule has 3 aromatic carbocycles. The van der Waals surface area contributed by atoms with Crippen LogP contribution in [0.1, 0.15) is 29.7 Å². The zero-order valence-corrected chi connectivity index (χ0v) is 21.2. The van der Waals surface area contributed by atoms with Crippen LogP contribution in [0.4, 0.5) is 5.69 Å². The predicted molar refractivity (Wildman–Crippen MR) is 140 cm³/mol. The molecule has 0 bridgehead atoms. The fourth-order valence-electron chi connectivity index (χ4n) is 3.25. The van der Waals surface area contributed by atoms with Gasteiger partial charge < -0.3 is 14.8 Å². The molecule has 9 heteroatoms. The van der Waals surface area contributed by atoms with Gasteiger partial charge in [0.1, 0.15) is 18.2 Å². The summed E-state index contributed by atoms with van der Waals surface area (Å²) in [5.74, 6) is 0.445. The van der Waals surface area contributed by atoms with E-state index in [0.29, 0.717) is 20.6 Å². The lowest BCUT2D eigenvalue weighted by atomic mass is 10.1. The van der Waals surface area contributed by atoms with Crippen molar-refractivity contribution in [2.24, 2.45) is 0 Å². The molecule has 1 atom stereocenters. The average Bonchev–Trinajstić information content (AvgIpc) is 2.86. The Kier molecular flexibility index (Phi) is 8.80. The zero-order valence-electron chi connectivity index (χ0n) is 19.0. The maximum absolute atomic E-state index is 12.7. The minimum Gasteiger partial charge on any atom is -0.493 e. The second-order valence-electron chi connectivity index (χ2n) is 7.52. The van der Waals surface area contributed by atoms with Gasteiger partial charge in [-0.2, -0.15) is 5.26 Å². The summed E-state index contributed by atoms with van der Waals surface area (Å²) in [6, 6.07) is 20.7. The molecule has 0 fully saturated rings. The van der Waals surface area contributed by atoms with Crippen LogP contribution in [0.15, 0.2) is 72.3 Å². The topological polar surface area (TPSA) is 114 Å². The number of nitriles is 1. The highest BCUT2D eigenvalue weighted by Crippen LogP contribution is 2.35. The molecule has 0 aliphatic rings. The second kappa shape index (κ2) is 12.0. The van der Waals surface area contributed by atoms with Crippen LogP contribution in [0.5, 0.6) is 11.5 Å². The van der Waals surface area contributed by atoms with Crippen molar-refractivity contribution in [1.82, 2.24) is 5.32 Å². The standard InChI is InChI=1S/C26H22IN3O5/c1-17(20-6-4-3-5-7-20)29-26(31)21(15-28)12-19-13-23(27)25(24(14-19)34-2)35-16-18-8-10-22(11-9-18)30(32)33/h3-14,17H,16H2,1-2H3,(H,29,31)/b21-12-/t17-/m0/s1. The van der Waals surface area contributed by atoms with Crippen LogP contribution in [-0.2, 0) is 11.4 Å². The third kappa shape index (κ3) is 6.80. The molecule has 0 saturated carbocycles. The Hall–Kier alpha value is -3.91. The van der Waals surface area contributed by atoms with Gasteiger partial charge in [-0.25, -0.2) is 0 Å². The quantitative estimate of drug-likeness (QED) is 0.116. The number of hydrogen-bond acceptors (Lipinski definition) is 6. The lowest BCUT2D eigenvalue weighted by Crippen LogP contribution is -2.27. The van der Waals surface area contributed by atoms with Crippen molar-refractivity contribution >= 4 is 40.3 Å². The first-order valence-electron chi connectivity index (χ1n) is 10.5. The van der Waals surface area contributed by atoms with E-state index in [1.807, 2.05) is 43.3 Å². The number of carbonyl (C=O) groups is 1. The number of nitrogens with zero attached hydrogens (tertiary/aromatic N) is 2. The molecule has 8 nitrogen and oxygen atoms in total. The fraction of sp³-hybridized carbons (Fsp3) is 0.154. The molecule has 0 unspecified atom stereocenters. The van der Waals surface area contributed by atoms with Crippen molar-refractivity contribution in [3.63, 3.8) is 0 Å². The zero-order chi connectivity index (χ0) is 25.4. The summed E-state index contributed by atoms with van der Waals surface area (Å²) in [5, 5.41) is 23.2. The summed E-state index contributed by atoms with van der Waals surface area (Å²) in [4.78, 5) is 23.1. The summed E-state index contributed by atoms with van der Waals surface area (Å²) < 4.78 is 12.1. The maximum Gasteiger partial charge on any atom is 0.269 e. The van der Waals surface area contributed by atoms with E-state index in [4.69, 9.17) is 9.47 Å². The van der Waals surface area contributed by atoms with Crippen LogP contribution in [0.3, 0.4) is 0 Å². The van der Waals surface area contributed by atoms with Gasteiger partial charge in [-0.3, -0.25) is 14.9 Å². The molecule has 0 aliphatic carbocycles. The molecular weight excluding hydrogens is 561 g/mol. The van der Waals surface area contributed by atoms with Crippen LogP contribution in [0, 0.1) is 25.0 Å². The van der Waals surface area contributed by atoms with Gasteiger partial charge in [-0.1, -0.05) is 30.3 Å². The minimum atomic E-state index is -0.476. The lowest BCUT2D eigenvalue weighted by Gasteiger charge is -2.15. The number of methoxy groups -OCH3 is 1. The molecule has 3 rings (SSSR count). The first kappa shape index (κ1) is 25.7. The molecule has 0 radical (unpaired) electrons. The second-order valence-corrected chi connectivity index (χ2v) is 8.68. The number of nitrogens with one attached hydrogen (secondary N) is 1. The largest absolute Gasteiger partial charge is 0.493 e. The number of non-ortho nitro benzene ring substituents is 1. The SMILES string of the molecule is COc1cc(/C=C(/C#N)C(=O)N[C@@H](C)c2ccccc2)cc(I)c1OCc1ccc([N+](=O)[O-])cc1. The van der Waals surface area contributed by atoms with E-state index >= 15 is 0 Å². The number of carbonyl (C=O) groups excluding carboxylic acids is 1. The predicted octanol–water partition coefficient (Wildman–Crippen LogP) is 5.57. The molecule has 178 valence electrons. The van der Waals surface area contributed by atoms with E-state index in [2.05, 4.69) is 27.9 Å². The number of benzene rings is 3. The molecule has 3 aromatic rings. The first-order chi connectivity index (χ1) is 16.8. The summed E-state index contributed by atoms with van der Waals surface area (Å²) in [7, 11) is 1.50. The summed E-state index contributed by atoms with van der Waals surface area (Å²) in [6.07, 6.45) is 1.50. The van der Waals surface area contributed by atoms with Crippen LogP contribution in [0.25, 0.3) is 6.08 Å². The van der Waals surface area contributed by atoms with E-state index in [0.717, 1.165) is 11.1 Å². The Bertz CT molecular complexity index is 1280. The highest BCUT2D eigenvalue weighted by Gasteiger charge is 2.16. The van der Waals surface area contributed by atoms with Crippen molar-refractivity contribution in [2.45, 2.75) is 19.6 Å². The normalized spacial score (nSPS) is 11.8. The Morgan fingerprint density at radius 2 is 1.89 bits per heavy atom. The number of rotatable bonds is 9. The van der Waals surface area contributed by atoms with Crippen LogP contribution in [0.2, 0.25) is 0 Å². The van der Waals surface area contributed by atoms with E-state index < -0.39 is 10.8 Å². The summed E-state index contributed by atoms with van der Waals surface area (Å²) in [6.45, 7) is 2.04. The molecule has 0 spiro atoms. The lowest BCUT2D eigenvalue weighted by molar-refractivity contribution is -0.384. The molecule has 1 N–H and O–H groups in total. The molecule has 0 saturated heterocycles. The molecule has 1 amide bonds. The minimum absolute atomic E-state index is 0.00699. The van der Waals surface area contributed by atoms with Crippen LogP contribution in [-0.4, -0.2) is 17.9 Å². The number of ether oxygens (including phenoxy) is 2. The number of hydrogen-bond donors (Lipinski definition) is 1. The number of nitro groups is 1. The number of nitro benzene ring substituents is 1. The number of halogens is 1. The molecule has 0 aliphatic heterocycles. The summed E-state index contributed by atoms with van der Waals surface area (Å²) in [5.41, 5.74) is 2.27. The number of amides is 1. The van der Waals surface area contributed by atoms with Gasteiger partial charge in [0.2, 0.25) is 0 Å². The Morgan fingerprint density at radius 1 is 1.20 bits per heavy atom. The molecule has 0 heterocycles. The van der Waals surface area contributed by atoms with Gasteiger partial charge in [0.15, 0.2) is 11.5 Å². The van der Waals surface area contributed by atoms with Gasteiger partial charge in [-0.15, -0.1) is 0 Å². The van der Waals surface area contributed by atoms with Gasteiger partial charge >= 0.3 is 0 Å². The van der Waals surface area contributed by atoms with E-state index in [1.54, 1.807) is 24.3 Å². The monoisotopic (exact) mass is 583 g/mol. The Morgan fingerprint density at radius 3 is 2.49 bits per heavy atom. The highest BCUT2D eigenvalue weighted by molar-refractivity contribution is 14.1.